The summed E-state index contributed by atoms with van der Waals surface area (Å²) in [6.07, 6.45) is 1.74. The largest absolute Gasteiger partial charge is 0.354 e. The smallest absolute Gasteiger partial charge is 0.193 e. The monoisotopic (exact) mass is 324 g/mol. The van der Waals surface area contributed by atoms with Gasteiger partial charge in [-0.1, -0.05) is 48.5 Å². The summed E-state index contributed by atoms with van der Waals surface area (Å²) in [4.78, 5) is 4.36. The summed E-state index contributed by atoms with van der Waals surface area (Å²) in [5.41, 5.74) is 2.67. The second-order valence-corrected chi connectivity index (χ2v) is 5.67. The number of aromatic nitrogens is 1. The number of fused-ring (bicyclic) bond motifs is 1. The highest BCUT2D eigenvalue weighted by molar-refractivity contribution is 6.21. The zero-order valence-electron chi connectivity index (χ0n) is 12.5. The minimum Gasteiger partial charge on any atom is -0.354 e. The lowest BCUT2D eigenvalue weighted by atomic mass is 10.1. The molecule has 0 amide bonds. The number of pyridine rings is 1. The lowest BCUT2D eigenvalue weighted by molar-refractivity contribution is 0.833. The first-order chi connectivity index (χ1) is 11.2. The Kier molecular flexibility index (Phi) is 4.74. The number of nitrogens with one attached hydrogen (secondary N) is 3. The highest BCUT2D eigenvalue weighted by Gasteiger charge is 2.09. The van der Waals surface area contributed by atoms with Crippen molar-refractivity contribution in [3.05, 3.63) is 72.4 Å². The predicted molar refractivity (Wildman–Crippen MR) is 96.1 cm³/mol. The number of rotatable bonds is 4. The molecule has 1 aromatic heterocycles. The molecule has 23 heavy (non-hydrogen) atoms. The van der Waals surface area contributed by atoms with Crippen LogP contribution in [0.4, 0.5) is 5.69 Å². The molecule has 4 nitrogen and oxygen atoms in total. The Morgan fingerprint density at radius 1 is 1.04 bits per heavy atom. The van der Waals surface area contributed by atoms with Crippen molar-refractivity contribution in [2.45, 2.75) is 5.38 Å². The van der Waals surface area contributed by atoms with Crippen LogP contribution in [0.3, 0.4) is 0 Å². The van der Waals surface area contributed by atoms with Gasteiger partial charge in [0.1, 0.15) is 0 Å². The molecule has 1 heterocycles. The molecule has 116 valence electrons. The number of anilines is 1. The lowest BCUT2D eigenvalue weighted by Crippen LogP contribution is -2.32. The second-order valence-electron chi connectivity index (χ2n) is 5.14. The summed E-state index contributed by atoms with van der Waals surface area (Å²) in [6.45, 7) is 0.468. The standard InChI is InChI=1S/C18H17ClN4/c19-15(13-6-2-1-3-7-13)12-22-18(20)23-16-10-4-8-14-9-5-11-21-17(14)16/h1-11,15H,12H2,(H3,20,22,23). The molecule has 0 bridgehead atoms. The topological polar surface area (TPSA) is 60.8 Å². The molecule has 3 rings (SSSR count). The molecule has 5 heteroatoms. The van der Waals surface area contributed by atoms with Crippen molar-refractivity contribution in [3.63, 3.8) is 0 Å². The van der Waals surface area contributed by atoms with Crippen molar-refractivity contribution in [3.8, 4) is 0 Å². The lowest BCUT2D eigenvalue weighted by Gasteiger charge is -2.15. The maximum atomic E-state index is 8.05. The summed E-state index contributed by atoms with van der Waals surface area (Å²) in [5, 5.41) is 14.9. The number of para-hydroxylation sites is 1. The van der Waals surface area contributed by atoms with Gasteiger partial charge >= 0.3 is 0 Å². The average Bonchev–Trinajstić information content (AvgIpc) is 2.61. The Hall–Kier alpha value is -2.59. The van der Waals surface area contributed by atoms with Gasteiger partial charge in [-0.05, 0) is 17.7 Å². The van der Waals surface area contributed by atoms with Crippen LogP contribution in [0.15, 0.2) is 66.9 Å². The molecule has 0 fully saturated rings. The molecule has 2 aromatic carbocycles. The minimum atomic E-state index is -0.191. The van der Waals surface area contributed by atoms with Gasteiger partial charge in [0.05, 0.1) is 16.6 Å². The van der Waals surface area contributed by atoms with Gasteiger partial charge in [-0.15, -0.1) is 11.6 Å². The molecule has 1 unspecified atom stereocenters. The number of halogens is 1. The number of alkyl halides is 1. The van der Waals surface area contributed by atoms with E-state index in [4.69, 9.17) is 17.0 Å². The fourth-order valence-electron chi connectivity index (χ4n) is 2.36. The van der Waals surface area contributed by atoms with Gasteiger partial charge in [0.2, 0.25) is 0 Å². The van der Waals surface area contributed by atoms with Crippen LogP contribution in [0.2, 0.25) is 0 Å². The van der Waals surface area contributed by atoms with Crippen molar-refractivity contribution < 1.29 is 0 Å². The molecule has 0 radical (unpaired) electrons. The number of hydrogen-bond donors (Lipinski definition) is 3. The van der Waals surface area contributed by atoms with E-state index in [9.17, 15) is 0 Å². The highest BCUT2D eigenvalue weighted by Crippen LogP contribution is 2.21. The zero-order valence-corrected chi connectivity index (χ0v) is 13.2. The molecule has 0 aliphatic carbocycles. The summed E-state index contributed by atoms with van der Waals surface area (Å²) in [7, 11) is 0. The van der Waals surface area contributed by atoms with E-state index in [1.165, 1.54) is 0 Å². The SMILES string of the molecule is N=C(NCC(Cl)c1ccccc1)Nc1cccc2cccnc12. The summed E-state index contributed by atoms with van der Waals surface area (Å²) in [6, 6.07) is 19.5. The van der Waals surface area contributed by atoms with Crippen LogP contribution < -0.4 is 10.6 Å². The Morgan fingerprint density at radius 3 is 2.65 bits per heavy atom. The van der Waals surface area contributed by atoms with Crippen LogP contribution in [0.25, 0.3) is 10.9 Å². The normalized spacial score (nSPS) is 11.9. The zero-order chi connectivity index (χ0) is 16.1. The fraction of sp³-hybridized carbons (Fsp3) is 0.111. The van der Waals surface area contributed by atoms with Crippen LogP contribution in [0, 0.1) is 5.41 Å². The van der Waals surface area contributed by atoms with Crippen molar-refractivity contribution in [1.82, 2.24) is 10.3 Å². The van der Waals surface area contributed by atoms with Gasteiger partial charge in [-0.25, -0.2) is 0 Å². The minimum absolute atomic E-state index is 0.191. The van der Waals surface area contributed by atoms with E-state index in [2.05, 4.69) is 15.6 Å². The van der Waals surface area contributed by atoms with Crippen LogP contribution in [-0.2, 0) is 0 Å². The van der Waals surface area contributed by atoms with Gasteiger partial charge in [0.25, 0.3) is 0 Å². The van der Waals surface area contributed by atoms with E-state index >= 15 is 0 Å². The van der Waals surface area contributed by atoms with E-state index in [0.29, 0.717) is 6.54 Å². The third-order valence-corrected chi connectivity index (χ3v) is 3.92. The number of nitrogens with zero attached hydrogens (tertiary/aromatic N) is 1. The maximum absolute atomic E-state index is 8.05. The fourth-order valence-corrected chi connectivity index (χ4v) is 2.58. The predicted octanol–water partition coefficient (Wildman–Crippen LogP) is 4.15. The molecular weight excluding hydrogens is 308 g/mol. The van der Waals surface area contributed by atoms with E-state index in [-0.39, 0.29) is 11.3 Å². The van der Waals surface area contributed by atoms with Crippen LogP contribution in [0.5, 0.6) is 0 Å². The van der Waals surface area contributed by atoms with Crippen molar-refractivity contribution in [1.29, 1.82) is 5.41 Å². The van der Waals surface area contributed by atoms with E-state index in [0.717, 1.165) is 22.2 Å². The van der Waals surface area contributed by atoms with Crippen LogP contribution in [0.1, 0.15) is 10.9 Å². The quantitative estimate of drug-likeness (QED) is 0.384. The molecule has 0 aliphatic heterocycles. The van der Waals surface area contributed by atoms with Gasteiger partial charge in [-0.3, -0.25) is 10.4 Å². The summed E-state index contributed by atoms with van der Waals surface area (Å²) < 4.78 is 0. The Morgan fingerprint density at radius 2 is 1.83 bits per heavy atom. The van der Waals surface area contributed by atoms with Crippen LogP contribution >= 0.6 is 11.6 Å². The van der Waals surface area contributed by atoms with Gasteiger partial charge < -0.3 is 10.6 Å². The molecular formula is C18H17ClN4. The molecule has 0 saturated carbocycles. The third kappa shape index (κ3) is 3.79. The van der Waals surface area contributed by atoms with Gasteiger partial charge in [-0.2, -0.15) is 0 Å². The first kappa shape index (κ1) is 15.3. The number of hydrogen-bond acceptors (Lipinski definition) is 2. The Balaban J connectivity index is 1.63. The third-order valence-electron chi connectivity index (χ3n) is 3.51. The van der Waals surface area contributed by atoms with Crippen molar-refractivity contribution >= 4 is 34.2 Å². The first-order valence-corrected chi connectivity index (χ1v) is 7.80. The first-order valence-electron chi connectivity index (χ1n) is 7.36. The highest BCUT2D eigenvalue weighted by atomic mass is 35.5. The molecule has 3 N–H and O–H groups in total. The van der Waals surface area contributed by atoms with E-state index in [1.807, 2.05) is 60.7 Å². The average molecular weight is 325 g/mol. The Bertz CT molecular complexity index is 799. The van der Waals surface area contributed by atoms with Gasteiger partial charge in [0, 0.05) is 18.1 Å². The van der Waals surface area contributed by atoms with Crippen molar-refractivity contribution in [2.24, 2.45) is 0 Å². The molecule has 3 aromatic rings. The molecule has 0 aliphatic rings. The summed E-state index contributed by atoms with van der Waals surface area (Å²) >= 11 is 6.35. The van der Waals surface area contributed by atoms with E-state index in [1.54, 1.807) is 6.20 Å². The molecule has 0 saturated heterocycles. The Labute approximate surface area is 140 Å². The second kappa shape index (κ2) is 7.11. The molecule has 1 atom stereocenters. The maximum Gasteiger partial charge on any atom is 0.193 e. The number of guanidine groups is 1. The molecule has 0 spiro atoms. The van der Waals surface area contributed by atoms with Gasteiger partial charge in [0.15, 0.2) is 5.96 Å². The summed E-state index contributed by atoms with van der Waals surface area (Å²) in [5.74, 6) is 0.199. The number of benzene rings is 2. The van der Waals surface area contributed by atoms with E-state index < -0.39 is 0 Å². The van der Waals surface area contributed by atoms with Crippen molar-refractivity contribution in [2.75, 3.05) is 11.9 Å². The van der Waals surface area contributed by atoms with Crippen LogP contribution in [-0.4, -0.2) is 17.5 Å².